The van der Waals surface area contributed by atoms with Gasteiger partial charge in [-0.2, -0.15) is 0 Å². The number of carbonyl (C=O) groups is 1. The third kappa shape index (κ3) is 6.78. The minimum Gasteiger partial charge on any atom is -0.491 e. The summed E-state index contributed by atoms with van der Waals surface area (Å²) in [4.78, 5) is 11.5. The van der Waals surface area contributed by atoms with Gasteiger partial charge in [0.15, 0.2) is 0 Å². The molecule has 0 saturated heterocycles. The molecule has 0 heterocycles. The van der Waals surface area contributed by atoms with Crippen LogP contribution in [0.5, 0.6) is 5.75 Å². The Kier molecular flexibility index (Phi) is 8.07. The Bertz CT molecular complexity index is 391. The van der Waals surface area contributed by atoms with Gasteiger partial charge < -0.3 is 14.6 Å². The number of rotatable bonds is 9. The fourth-order valence-electron chi connectivity index (χ4n) is 1.49. The summed E-state index contributed by atoms with van der Waals surface area (Å²) in [5.41, 5.74) is 0.872. The molecular weight excluding hydrogens is 280 g/mol. The summed E-state index contributed by atoms with van der Waals surface area (Å²) in [5, 5.41) is 9.28. The fraction of sp³-hybridized carbons (Fsp3) is 0.533. The van der Waals surface area contributed by atoms with Crippen LogP contribution in [0, 0.1) is 0 Å². The molecule has 0 aliphatic heterocycles. The zero-order chi connectivity index (χ0) is 14.8. The maximum Gasteiger partial charge on any atom is 0.310 e. The first-order valence-corrected chi connectivity index (χ1v) is 7.30. The summed E-state index contributed by atoms with van der Waals surface area (Å²) in [6.45, 7) is 2.68. The van der Waals surface area contributed by atoms with Gasteiger partial charge in [0, 0.05) is 0 Å². The van der Waals surface area contributed by atoms with Crippen LogP contribution in [0.2, 0.25) is 0 Å². The van der Waals surface area contributed by atoms with Crippen molar-refractivity contribution in [2.75, 3.05) is 19.1 Å². The van der Waals surface area contributed by atoms with Crippen LogP contribution >= 0.6 is 11.6 Å². The molecule has 0 unspecified atom stereocenters. The van der Waals surface area contributed by atoms with Crippen LogP contribution in [0.4, 0.5) is 0 Å². The van der Waals surface area contributed by atoms with Gasteiger partial charge in [0.2, 0.25) is 0 Å². The number of halogens is 1. The summed E-state index contributed by atoms with van der Waals surface area (Å²) < 4.78 is 10.4. The van der Waals surface area contributed by atoms with E-state index in [0.717, 1.165) is 18.4 Å². The van der Waals surface area contributed by atoms with E-state index in [1.54, 1.807) is 12.1 Å². The van der Waals surface area contributed by atoms with Crippen LogP contribution in [0.25, 0.3) is 0 Å². The topological polar surface area (TPSA) is 55.8 Å². The van der Waals surface area contributed by atoms with Crippen molar-refractivity contribution < 1.29 is 19.4 Å². The number of carbonyl (C=O) groups excluding carboxylic acids is 1. The summed E-state index contributed by atoms with van der Waals surface area (Å²) in [6, 6.07) is 7.14. The monoisotopic (exact) mass is 300 g/mol. The average molecular weight is 301 g/mol. The first kappa shape index (κ1) is 16.8. The molecule has 4 nitrogen and oxygen atoms in total. The number of ether oxygens (including phenoxy) is 2. The number of unbranched alkanes of at least 4 members (excludes halogenated alkanes) is 1. The van der Waals surface area contributed by atoms with Crippen molar-refractivity contribution in [3.05, 3.63) is 29.8 Å². The molecule has 0 aliphatic rings. The molecule has 5 heteroatoms. The number of aliphatic hydroxyl groups is 1. The van der Waals surface area contributed by atoms with Crippen LogP contribution in [-0.2, 0) is 16.0 Å². The van der Waals surface area contributed by atoms with Crippen molar-refractivity contribution in [2.24, 2.45) is 0 Å². The van der Waals surface area contributed by atoms with Gasteiger partial charge in [0.1, 0.15) is 18.5 Å². The number of hydrogen-bond acceptors (Lipinski definition) is 4. The summed E-state index contributed by atoms with van der Waals surface area (Å²) >= 11 is 5.47. The van der Waals surface area contributed by atoms with Crippen molar-refractivity contribution >= 4 is 17.6 Å². The minimum absolute atomic E-state index is 0.141. The Morgan fingerprint density at radius 2 is 2.05 bits per heavy atom. The van der Waals surface area contributed by atoms with Gasteiger partial charge in [-0.15, -0.1) is 11.6 Å². The molecule has 1 rings (SSSR count). The second-order valence-corrected chi connectivity index (χ2v) is 4.82. The van der Waals surface area contributed by atoms with Gasteiger partial charge in [0.25, 0.3) is 0 Å². The molecule has 0 aliphatic carbocycles. The Labute approximate surface area is 124 Å². The van der Waals surface area contributed by atoms with E-state index in [1.807, 2.05) is 19.1 Å². The van der Waals surface area contributed by atoms with Crippen LogP contribution in [0.1, 0.15) is 25.3 Å². The summed E-state index contributed by atoms with van der Waals surface area (Å²) in [5.74, 6) is 0.559. The normalized spacial score (nSPS) is 11.9. The Hall–Kier alpha value is -1.26. The minimum atomic E-state index is -0.676. The second kappa shape index (κ2) is 9.61. The van der Waals surface area contributed by atoms with Crippen LogP contribution in [0.3, 0.4) is 0 Å². The lowest BCUT2D eigenvalue weighted by atomic mass is 10.1. The molecule has 20 heavy (non-hydrogen) atoms. The molecule has 0 aromatic heterocycles. The average Bonchev–Trinajstić information content (AvgIpc) is 2.46. The molecule has 0 saturated carbocycles. The van der Waals surface area contributed by atoms with Gasteiger partial charge in [0.05, 0.1) is 18.9 Å². The molecule has 0 spiro atoms. The van der Waals surface area contributed by atoms with E-state index >= 15 is 0 Å². The number of esters is 1. The van der Waals surface area contributed by atoms with E-state index in [4.69, 9.17) is 21.1 Å². The lowest BCUT2D eigenvalue weighted by molar-refractivity contribution is -0.142. The molecule has 0 fully saturated rings. The van der Waals surface area contributed by atoms with Gasteiger partial charge >= 0.3 is 5.97 Å². The highest BCUT2D eigenvalue weighted by Crippen LogP contribution is 2.13. The van der Waals surface area contributed by atoms with E-state index < -0.39 is 6.10 Å². The van der Waals surface area contributed by atoms with Crippen molar-refractivity contribution in [1.29, 1.82) is 0 Å². The summed E-state index contributed by atoms with van der Waals surface area (Å²) in [6.07, 6.45) is 1.48. The number of aliphatic hydroxyl groups excluding tert-OH is 1. The van der Waals surface area contributed by atoms with Gasteiger partial charge in [-0.3, -0.25) is 4.79 Å². The quantitative estimate of drug-likeness (QED) is 0.432. The van der Waals surface area contributed by atoms with E-state index in [-0.39, 0.29) is 24.9 Å². The van der Waals surface area contributed by atoms with E-state index in [2.05, 4.69) is 0 Å². The molecule has 0 radical (unpaired) electrons. The van der Waals surface area contributed by atoms with Crippen molar-refractivity contribution in [3.8, 4) is 5.75 Å². The first-order chi connectivity index (χ1) is 9.65. The lowest BCUT2D eigenvalue weighted by Gasteiger charge is -2.10. The number of alkyl halides is 1. The van der Waals surface area contributed by atoms with Crippen molar-refractivity contribution in [2.45, 2.75) is 32.3 Å². The van der Waals surface area contributed by atoms with Crippen LogP contribution in [0.15, 0.2) is 24.3 Å². The fourth-order valence-corrected chi connectivity index (χ4v) is 1.58. The Balaban J connectivity index is 2.36. The smallest absolute Gasteiger partial charge is 0.310 e. The predicted molar refractivity (Wildman–Crippen MR) is 78.2 cm³/mol. The van der Waals surface area contributed by atoms with Gasteiger partial charge in [-0.1, -0.05) is 25.5 Å². The molecule has 1 N–H and O–H groups in total. The lowest BCUT2D eigenvalue weighted by Crippen LogP contribution is -2.18. The SMILES string of the molecule is CCCCOC(=O)Cc1ccc(OC[C@@H](O)CCl)cc1. The predicted octanol–water partition coefficient (Wildman–Crippen LogP) is 2.55. The number of benzene rings is 1. The zero-order valence-corrected chi connectivity index (χ0v) is 12.4. The maximum absolute atomic E-state index is 11.5. The molecule has 112 valence electrons. The first-order valence-electron chi connectivity index (χ1n) is 6.77. The third-order valence-corrected chi connectivity index (χ3v) is 3.01. The van der Waals surface area contributed by atoms with E-state index in [0.29, 0.717) is 12.4 Å². The second-order valence-electron chi connectivity index (χ2n) is 4.51. The highest BCUT2D eigenvalue weighted by Gasteiger charge is 2.06. The highest BCUT2D eigenvalue weighted by molar-refractivity contribution is 6.18. The zero-order valence-electron chi connectivity index (χ0n) is 11.7. The van der Waals surface area contributed by atoms with Crippen molar-refractivity contribution in [1.82, 2.24) is 0 Å². The standard InChI is InChI=1S/C15H21ClO4/c1-2-3-8-19-15(18)9-12-4-6-14(7-5-12)20-11-13(17)10-16/h4-7,13,17H,2-3,8-11H2,1H3/t13-/m0/s1. The third-order valence-electron chi connectivity index (χ3n) is 2.65. The highest BCUT2D eigenvalue weighted by atomic mass is 35.5. The van der Waals surface area contributed by atoms with E-state index in [1.165, 1.54) is 0 Å². The Morgan fingerprint density at radius 3 is 2.65 bits per heavy atom. The molecule has 1 aromatic carbocycles. The number of hydrogen-bond donors (Lipinski definition) is 1. The molecule has 0 bridgehead atoms. The molecule has 1 aromatic rings. The van der Waals surface area contributed by atoms with Crippen molar-refractivity contribution in [3.63, 3.8) is 0 Å². The van der Waals surface area contributed by atoms with Gasteiger partial charge in [-0.05, 0) is 24.1 Å². The molecular formula is C15H21ClO4. The van der Waals surface area contributed by atoms with Crippen LogP contribution < -0.4 is 4.74 Å². The Morgan fingerprint density at radius 1 is 1.35 bits per heavy atom. The molecule has 0 amide bonds. The molecule has 1 atom stereocenters. The van der Waals surface area contributed by atoms with Crippen LogP contribution in [-0.4, -0.2) is 36.3 Å². The summed E-state index contributed by atoms with van der Waals surface area (Å²) in [7, 11) is 0. The largest absolute Gasteiger partial charge is 0.491 e. The maximum atomic E-state index is 11.5. The van der Waals surface area contributed by atoms with Gasteiger partial charge in [-0.25, -0.2) is 0 Å². The van der Waals surface area contributed by atoms with E-state index in [9.17, 15) is 9.90 Å².